The Morgan fingerprint density at radius 1 is 1.16 bits per heavy atom. The zero-order valence-electron chi connectivity index (χ0n) is 12.3. The maximum Gasteiger partial charge on any atom is 0.150 e. The number of likely N-dealkylation sites (tertiary alicyclic amines) is 1. The van der Waals surface area contributed by atoms with Gasteiger partial charge < -0.3 is 10.2 Å². The minimum Gasteiger partial charge on any atom is -0.314 e. The van der Waals surface area contributed by atoms with E-state index in [-0.39, 0.29) is 5.25 Å². The van der Waals surface area contributed by atoms with Crippen LogP contribution in [0.1, 0.15) is 45.4 Å². The quantitative estimate of drug-likeness (QED) is 0.850. The molecule has 2 aliphatic rings. The highest BCUT2D eigenvalue weighted by Gasteiger charge is 2.33. The van der Waals surface area contributed by atoms with Crippen molar-refractivity contribution in [1.82, 2.24) is 10.2 Å². The lowest BCUT2D eigenvalue weighted by Crippen LogP contribution is -2.49. The fraction of sp³-hybridized carbons (Fsp3) is 1.00. The topological polar surface area (TPSA) is 49.4 Å². The van der Waals surface area contributed by atoms with E-state index in [9.17, 15) is 8.42 Å². The molecule has 1 saturated carbocycles. The monoisotopic (exact) mass is 288 g/mol. The van der Waals surface area contributed by atoms with Crippen LogP contribution in [0.5, 0.6) is 0 Å². The Hall–Kier alpha value is -0.130. The van der Waals surface area contributed by atoms with Crippen LogP contribution in [-0.4, -0.2) is 56.5 Å². The SMILES string of the molecule is CCNC1CCN(C2CCCC(S(C)(=O)=O)C2)CC1. The molecule has 2 atom stereocenters. The zero-order chi connectivity index (χ0) is 13.9. The molecule has 1 aliphatic carbocycles. The first-order valence-electron chi connectivity index (χ1n) is 7.67. The molecule has 0 aromatic rings. The van der Waals surface area contributed by atoms with E-state index >= 15 is 0 Å². The van der Waals surface area contributed by atoms with Gasteiger partial charge in [-0.2, -0.15) is 0 Å². The van der Waals surface area contributed by atoms with Crippen LogP contribution in [0.3, 0.4) is 0 Å². The Morgan fingerprint density at radius 2 is 1.84 bits per heavy atom. The Labute approximate surface area is 117 Å². The first-order valence-corrected chi connectivity index (χ1v) is 9.62. The minimum atomic E-state index is -2.86. The van der Waals surface area contributed by atoms with Crippen molar-refractivity contribution in [3.05, 3.63) is 0 Å². The van der Waals surface area contributed by atoms with Crippen molar-refractivity contribution in [2.45, 2.75) is 62.8 Å². The molecule has 2 rings (SSSR count). The van der Waals surface area contributed by atoms with Gasteiger partial charge in [-0.25, -0.2) is 8.42 Å². The van der Waals surface area contributed by atoms with Crippen molar-refractivity contribution >= 4 is 9.84 Å². The molecule has 2 fully saturated rings. The molecular weight excluding hydrogens is 260 g/mol. The van der Waals surface area contributed by atoms with Gasteiger partial charge in [0.2, 0.25) is 0 Å². The Balaban J connectivity index is 1.86. The minimum absolute atomic E-state index is 0.0993. The molecule has 0 spiro atoms. The maximum atomic E-state index is 11.7. The number of rotatable bonds is 4. The summed E-state index contributed by atoms with van der Waals surface area (Å²) in [6.45, 7) is 5.45. The summed E-state index contributed by atoms with van der Waals surface area (Å²) in [7, 11) is -2.86. The van der Waals surface area contributed by atoms with Crippen molar-refractivity contribution in [3.63, 3.8) is 0 Å². The molecule has 2 unspecified atom stereocenters. The van der Waals surface area contributed by atoms with Crippen LogP contribution in [0.4, 0.5) is 0 Å². The van der Waals surface area contributed by atoms with Crippen LogP contribution in [0.15, 0.2) is 0 Å². The summed E-state index contributed by atoms with van der Waals surface area (Å²) < 4.78 is 23.4. The normalized spacial score (nSPS) is 31.5. The van der Waals surface area contributed by atoms with E-state index in [1.807, 2.05) is 0 Å². The molecule has 0 amide bonds. The number of sulfone groups is 1. The second kappa shape index (κ2) is 6.55. The van der Waals surface area contributed by atoms with Crippen LogP contribution in [0.2, 0.25) is 0 Å². The van der Waals surface area contributed by atoms with E-state index in [2.05, 4.69) is 17.1 Å². The Kier molecular flexibility index (Phi) is 5.26. The first-order chi connectivity index (χ1) is 9.00. The lowest BCUT2D eigenvalue weighted by molar-refractivity contribution is 0.117. The summed E-state index contributed by atoms with van der Waals surface area (Å²) in [5, 5.41) is 3.42. The number of hydrogen-bond donors (Lipinski definition) is 1. The van der Waals surface area contributed by atoms with E-state index in [1.165, 1.54) is 25.5 Å². The van der Waals surface area contributed by atoms with Crippen LogP contribution >= 0.6 is 0 Å². The molecule has 4 nitrogen and oxygen atoms in total. The molecule has 1 N–H and O–H groups in total. The van der Waals surface area contributed by atoms with Crippen LogP contribution < -0.4 is 5.32 Å². The predicted octanol–water partition coefficient (Wildman–Crippen LogP) is 1.42. The molecule has 1 aliphatic heterocycles. The van der Waals surface area contributed by atoms with Crippen molar-refractivity contribution in [2.24, 2.45) is 0 Å². The average molecular weight is 288 g/mol. The van der Waals surface area contributed by atoms with Gasteiger partial charge in [-0.15, -0.1) is 0 Å². The number of hydrogen-bond acceptors (Lipinski definition) is 4. The highest BCUT2D eigenvalue weighted by Crippen LogP contribution is 2.29. The lowest BCUT2D eigenvalue weighted by atomic mass is 9.91. The molecule has 1 saturated heterocycles. The number of nitrogens with one attached hydrogen (secondary N) is 1. The van der Waals surface area contributed by atoms with Crippen molar-refractivity contribution in [2.75, 3.05) is 25.9 Å². The highest BCUT2D eigenvalue weighted by molar-refractivity contribution is 7.91. The van der Waals surface area contributed by atoms with E-state index in [0.717, 1.165) is 38.9 Å². The smallest absolute Gasteiger partial charge is 0.150 e. The molecule has 19 heavy (non-hydrogen) atoms. The molecule has 1 heterocycles. The van der Waals surface area contributed by atoms with Gasteiger partial charge in [0.1, 0.15) is 9.84 Å². The van der Waals surface area contributed by atoms with Gasteiger partial charge in [-0.05, 0) is 51.7 Å². The highest BCUT2D eigenvalue weighted by atomic mass is 32.2. The van der Waals surface area contributed by atoms with Gasteiger partial charge in [0.25, 0.3) is 0 Å². The van der Waals surface area contributed by atoms with Crippen LogP contribution in [0.25, 0.3) is 0 Å². The van der Waals surface area contributed by atoms with E-state index in [1.54, 1.807) is 0 Å². The summed E-state index contributed by atoms with van der Waals surface area (Å²) >= 11 is 0. The molecule has 112 valence electrons. The van der Waals surface area contributed by atoms with Crippen molar-refractivity contribution in [3.8, 4) is 0 Å². The second-order valence-corrected chi connectivity index (χ2v) is 8.47. The van der Waals surface area contributed by atoms with Gasteiger partial charge in [-0.1, -0.05) is 13.3 Å². The molecule has 0 aromatic carbocycles. The third kappa shape index (κ3) is 4.17. The van der Waals surface area contributed by atoms with Gasteiger partial charge in [0, 0.05) is 18.3 Å². The fourth-order valence-corrected chi connectivity index (χ4v) is 4.76. The lowest BCUT2D eigenvalue weighted by Gasteiger charge is -2.41. The summed E-state index contributed by atoms with van der Waals surface area (Å²) in [4.78, 5) is 2.53. The van der Waals surface area contributed by atoms with Gasteiger partial charge in [-0.3, -0.25) is 0 Å². The summed E-state index contributed by atoms with van der Waals surface area (Å²) in [5.41, 5.74) is 0. The second-order valence-electron chi connectivity index (χ2n) is 6.14. The van der Waals surface area contributed by atoms with Crippen LogP contribution in [-0.2, 0) is 9.84 Å². The molecule has 0 bridgehead atoms. The largest absolute Gasteiger partial charge is 0.314 e. The summed E-state index contributed by atoms with van der Waals surface area (Å²) in [6, 6.07) is 1.16. The maximum absolute atomic E-state index is 11.7. The van der Waals surface area contributed by atoms with Crippen molar-refractivity contribution < 1.29 is 8.42 Å². The Morgan fingerprint density at radius 3 is 2.42 bits per heavy atom. The standard InChI is InChI=1S/C14H28N2O2S/c1-3-15-12-7-9-16(10-8-12)13-5-4-6-14(11-13)19(2,17)18/h12-15H,3-11H2,1-2H3. The predicted molar refractivity (Wildman–Crippen MR) is 79.2 cm³/mol. The van der Waals surface area contributed by atoms with Gasteiger partial charge in [0.05, 0.1) is 5.25 Å². The van der Waals surface area contributed by atoms with E-state index in [4.69, 9.17) is 0 Å². The third-order valence-electron chi connectivity index (χ3n) is 4.74. The van der Waals surface area contributed by atoms with Gasteiger partial charge in [0.15, 0.2) is 0 Å². The molecular formula is C14H28N2O2S. The number of piperidine rings is 1. The van der Waals surface area contributed by atoms with Crippen molar-refractivity contribution in [1.29, 1.82) is 0 Å². The van der Waals surface area contributed by atoms with Gasteiger partial charge >= 0.3 is 0 Å². The zero-order valence-corrected chi connectivity index (χ0v) is 13.1. The van der Waals surface area contributed by atoms with E-state index in [0.29, 0.717) is 12.1 Å². The summed E-state index contributed by atoms with van der Waals surface area (Å²) in [6.07, 6.45) is 7.76. The fourth-order valence-electron chi connectivity index (χ4n) is 3.60. The summed E-state index contributed by atoms with van der Waals surface area (Å²) in [5.74, 6) is 0. The number of nitrogens with zero attached hydrogens (tertiary/aromatic N) is 1. The molecule has 0 aromatic heterocycles. The first kappa shape index (κ1) is 15.3. The molecule has 0 radical (unpaired) electrons. The Bertz CT molecular complexity index is 375. The van der Waals surface area contributed by atoms with E-state index < -0.39 is 9.84 Å². The third-order valence-corrected chi connectivity index (χ3v) is 6.38. The average Bonchev–Trinajstić information content (AvgIpc) is 2.39. The van der Waals surface area contributed by atoms with Crippen LogP contribution in [0, 0.1) is 0 Å². The molecule has 5 heteroatoms.